The molecule has 0 saturated carbocycles. The molecule has 0 aliphatic rings. The maximum atomic E-state index is 5.72. The van der Waals surface area contributed by atoms with Crippen molar-refractivity contribution >= 4 is 11.3 Å². The van der Waals surface area contributed by atoms with Crippen molar-refractivity contribution in [3.8, 4) is 0 Å². The Bertz CT molecular complexity index is 510. The SMILES string of the molecule is CC(C)(C)c1nnc(CC(C)(C)c2nncs2)o1. The fraction of sp³-hybridized carbons (Fsp3) is 0.667. The number of aromatic nitrogens is 4. The van der Waals surface area contributed by atoms with Crippen LogP contribution in [0.1, 0.15) is 51.4 Å². The van der Waals surface area contributed by atoms with Crippen molar-refractivity contribution in [2.75, 3.05) is 0 Å². The lowest BCUT2D eigenvalue weighted by atomic mass is 9.90. The first kappa shape index (κ1) is 13.1. The van der Waals surface area contributed by atoms with E-state index < -0.39 is 0 Å². The van der Waals surface area contributed by atoms with Gasteiger partial charge in [0.05, 0.1) is 0 Å². The van der Waals surface area contributed by atoms with Crippen molar-refractivity contribution in [3.63, 3.8) is 0 Å². The number of rotatable bonds is 3. The average molecular weight is 266 g/mol. The van der Waals surface area contributed by atoms with Crippen LogP contribution >= 0.6 is 11.3 Å². The third-order valence-electron chi connectivity index (χ3n) is 2.64. The molecule has 2 rings (SSSR count). The molecule has 0 amide bonds. The van der Waals surface area contributed by atoms with E-state index in [9.17, 15) is 0 Å². The van der Waals surface area contributed by atoms with Crippen LogP contribution in [0.2, 0.25) is 0 Å². The van der Waals surface area contributed by atoms with Crippen molar-refractivity contribution < 1.29 is 4.42 Å². The third kappa shape index (κ3) is 2.75. The lowest BCUT2D eigenvalue weighted by Crippen LogP contribution is -2.20. The fourth-order valence-electron chi connectivity index (χ4n) is 1.55. The molecule has 0 aromatic carbocycles. The van der Waals surface area contributed by atoms with Gasteiger partial charge in [0, 0.05) is 17.3 Å². The molecule has 0 saturated heterocycles. The minimum atomic E-state index is -0.136. The molecule has 5 nitrogen and oxygen atoms in total. The second-order valence-electron chi connectivity index (χ2n) is 6.06. The summed E-state index contributed by atoms with van der Waals surface area (Å²) in [6, 6.07) is 0. The Morgan fingerprint density at radius 3 is 2.33 bits per heavy atom. The number of hydrogen-bond donors (Lipinski definition) is 0. The van der Waals surface area contributed by atoms with Gasteiger partial charge in [-0.3, -0.25) is 0 Å². The van der Waals surface area contributed by atoms with Gasteiger partial charge in [-0.25, -0.2) is 0 Å². The summed E-state index contributed by atoms with van der Waals surface area (Å²) in [6.45, 7) is 10.4. The van der Waals surface area contributed by atoms with Gasteiger partial charge in [-0.05, 0) is 0 Å². The van der Waals surface area contributed by atoms with Crippen LogP contribution in [0, 0.1) is 0 Å². The molecule has 0 atom stereocenters. The Kier molecular flexibility index (Phi) is 3.23. The van der Waals surface area contributed by atoms with E-state index in [1.165, 1.54) is 0 Å². The van der Waals surface area contributed by atoms with E-state index in [2.05, 4.69) is 55.0 Å². The minimum Gasteiger partial charge on any atom is -0.425 e. The monoisotopic (exact) mass is 266 g/mol. The summed E-state index contributed by atoms with van der Waals surface area (Å²) in [4.78, 5) is 0. The van der Waals surface area contributed by atoms with E-state index in [1.807, 2.05) is 0 Å². The van der Waals surface area contributed by atoms with Crippen LogP contribution in [0.5, 0.6) is 0 Å². The van der Waals surface area contributed by atoms with Gasteiger partial charge in [0.15, 0.2) is 0 Å². The molecule has 0 N–H and O–H groups in total. The van der Waals surface area contributed by atoms with E-state index in [0.717, 1.165) is 5.01 Å². The molecule has 0 spiro atoms. The summed E-state index contributed by atoms with van der Waals surface area (Å²) in [5, 5.41) is 17.2. The van der Waals surface area contributed by atoms with Gasteiger partial charge < -0.3 is 4.42 Å². The maximum absolute atomic E-state index is 5.72. The lowest BCUT2D eigenvalue weighted by molar-refractivity contribution is 0.350. The van der Waals surface area contributed by atoms with E-state index in [-0.39, 0.29) is 10.8 Å². The Morgan fingerprint density at radius 2 is 1.83 bits per heavy atom. The van der Waals surface area contributed by atoms with Gasteiger partial charge >= 0.3 is 0 Å². The van der Waals surface area contributed by atoms with Crippen LogP contribution in [-0.4, -0.2) is 20.4 Å². The predicted molar refractivity (Wildman–Crippen MR) is 69.6 cm³/mol. The van der Waals surface area contributed by atoms with Crippen LogP contribution in [0.4, 0.5) is 0 Å². The Balaban J connectivity index is 2.17. The summed E-state index contributed by atoms with van der Waals surface area (Å²) in [5.41, 5.74) is 1.49. The minimum absolute atomic E-state index is 0.113. The molecule has 2 heterocycles. The van der Waals surface area contributed by atoms with E-state index >= 15 is 0 Å². The molecule has 0 unspecified atom stereocenters. The first-order chi connectivity index (χ1) is 8.29. The highest BCUT2D eigenvalue weighted by molar-refractivity contribution is 7.09. The highest BCUT2D eigenvalue weighted by atomic mass is 32.1. The Hall–Kier alpha value is -1.30. The van der Waals surface area contributed by atoms with Gasteiger partial charge in [-0.1, -0.05) is 34.6 Å². The normalized spacial score (nSPS) is 12.9. The molecule has 6 heteroatoms. The van der Waals surface area contributed by atoms with Crippen molar-refractivity contribution in [1.29, 1.82) is 0 Å². The number of nitrogens with zero attached hydrogens (tertiary/aromatic N) is 4. The zero-order valence-electron chi connectivity index (χ0n) is 11.4. The van der Waals surface area contributed by atoms with Gasteiger partial charge in [-0.2, -0.15) is 0 Å². The van der Waals surface area contributed by atoms with E-state index in [4.69, 9.17) is 4.42 Å². The molecule has 0 bridgehead atoms. The summed E-state index contributed by atoms with van der Waals surface area (Å²) < 4.78 is 5.72. The molecule has 0 fully saturated rings. The first-order valence-corrected chi connectivity index (χ1v) is 6.76. The molecule has 0 radical (unpaired) electrons. The predicted octanol–water partition coefficient (Wildman–Crippen LogP) is 2.74. The van der Waals surface area contributed by atoms with Gasteiger partial charge in [0.1, 0.15) is 10.5 Å². The van der Waals surface area contributed by atoms with Crippen LogP contribution in [0.25, 0.3) is 0 Å². The summed E-state index contributed by atoms with van der Waals surface area (Å²) >= 11 is 1.55. The number of hydrogen-bond acceptors (Lipinski definition) is 6. The smallest absolute Gasteiger partial charge is 0.221 e. The molecule has 0 aliphatic carbocycles. The average Bonchev–Trinajstić information content (AvgIpc) is 2.83. The Morgan fingerprint density at radius 1 is 1.11 bits per heavy atom. The highest BCUT2D eigenvalue weighted by Crippen LogP contribution is 2.29. The first-order valence-electron chi connectivity index (χ1n) is 5.88. The van der Waals surface area contributed by atoms with Gasteiger partial charge in [-0.15, -0.1) is 31.7 Å². The topological polar surface area (TPSA) is 64.7 Å². The molecule has 98 valence electrons. The summed E-state index contributed by atoms with van der Waals surface area (Å²) in [5.74, 6) is 1.32. The molecule has 2 aromatic rings. The molecular weight excluding hydrogens is 248 g/mol. The van der Waals surface area contributed by atoms with Crippen molar-refractivity contribution in [2.45, 2.75) is 51.9 Å². The van der Waals surface area contributed by atoms with Gasteiger partial charge in [0.25, 0.3) is 0 Å². The summed E-state index contributed by atoms with van der Waals surface area (Å²) in [6.07, 6.45) is 0.672. The van der Waals surface area contributed by atoms with Crippen LogP contribution in [0.15, 0.2) is 9.93 Å². The van der Waals surface area contributed by atoms with Crippen LogP contribution in [-0.2, 0) is 17.3 Å². The highest BCUT2D eigenvalue weighted by Gasteiger charge is 2.29. The van der Waals surface area contributed by atoms with Gasteiger partial charge in [0.2, 0.25) is 11.8 Å². The molecule has 2 aromatic heterocycles. The largest absolute Gasteiger partial charge is 0.425 e. The van der Waals surface area contributed by atoms with Crippen LogP contribution < -0.4 is 0 Å². The van der Waals surface area contributed by atoms with E-state index in [1.54, 1.807) is 16.8 Å². The Labute approximate surface area is 111 Å². The second kappa shape index (κ2) is 4.42. The summed E-state index contributed by atoms with van der Waals surface area (Å²) in [7, 11) is 0. The quantitative estimate of drug-likeness (QED) is 0.854. The van der Waals surface area contributed by atoms with Crippen LogP contribution in [0.3, 0.4) is 0 Å². The molecule has 18 heavy (non-hydrogen) atoms. The standard InChI is InChI=1S/C12H18N4OS/c1-11(2,3)9-15-14-8(17-9)6-12(4,5)10-16-13-7-18-10/h7H,6H2,1-5H3. The molecular formula is C12H18N4OS. The van der Waals surface area contributed by atoms with Crippen molar-refractivity contribution in [1.82, 2.24) is 20.4 Å². The zero-order chi connectivity index (χ0) is 13.4. The third-order valence-corrected chi connectivity index (χ3v) is 3.70. The zero-order valence-corrected chi connectivity index (χ0v) is 12.2. The fourth-order valence-corrected chi connectivity index (χ4v) is 2.23. The second-order valence-corrected chi connectivity index (χ2v) is 6.89. The maximum Gasteiger partial charge on any atom is 0.221 e. The van der Waals surface area contributed by atoms with E-state index in [0.29, 0.717) is 18.2 Å². The molecule has 0 aliphatic heterocycles. The van der Waals surface area contributed by atoms with Crippen molar-refractivity contribution in [2.24, 2.45) is 0 Å². The van der Waals surface area contributed by atoms with Crippen molar-refractivity contribution in [3.05, 3.63) is 22.3 Å². The lowest BCUT2D eigenvalue weighted by Gasteiger charge is -2.18.